The lowest BCUT2D eigenvalue weighted by Crippen LogP contribution is -2.42. The lowest BCUT2D eigenvalue weighted by Gasteiger charge is -2.25. The molecule has 0 bridgehead atoms. The third-order valence-electron chi connectivity index (χ3n) is 4.88. The van der Waals surface area contributed by atoms with Crippen molar-refractivity contribution in [3.05, 3.63) is 24.3 Å². The van der Waals surface area contributed by atoms with Crippen molar-refractivity contribution < 1.29 is 9.59 Å². The van der Waals surface area contributed by atoms with Crippen molar-refractivity contribution >= 4 is 38.5 Å². The number of thiazole rings is 1. The molecule has 0 spiro atoms. The van der Waals surface area contributed by atoms with Gasteiger partial charge in [0.1, 0.15) is 0 Å². The first-order valence-electron chi connectivity index (χ1n) is 9.66. The highest BCUT2D eigenvalue weighted by atomic mass is 32.1. The Morgan fingerprint density at radius 3 is 2.67 bits per heavy atom. The van der Waals surface area contributed by atoms with Crippen molar-refractivity contribution in [2.24, 2.45) is 5.92 Å². The lowest BCUT2D eigenvalue weighted by atomic mass is 10.2. The van der Waals surface area contributed by atoms with Gasteiger partial charge in [-0.25, -0.2) is 4.98 Å². The van der Waals surface area contributed by atoms with Crippen LogP contribution in [-0.4, -0.2) is 65.9 Å². The van der Waals surface area contributed by atoms with Gasteiger partial charge in [0.25, 0.3) is 0 Å². The van der Waals surface area contributed by atoms with E-state index < -0.39 is 0 Å². The molecule has 7 heteroatoms. The van der Waals surface area contributed by atoms with Crippen molar-refractivity contribution in [3.63, 3.8) is 0 Å². The Balaban J connectivity index is 1.63. The smallest absolute Gasteiger partial charge is 0.242 e. The van der Waals surface area contributed by atoms with Crippen LogP contribution in [-0.2, 0) is 9.59 Å². The molecule has 27 heavy (non-hydrogen) atoms. The minimum Gasteiger partial charge on any atom is -0.341 e. The van der Waals surface area contributed by atoms with Crippen molar-refractivity contribution in [3.8, 4) is 0 Å². The fourth-order valence-corrected chi connectivity index (χ4v) is 4.43. The maximum Gasteiger partial charge on any atom is 0.242 e. The summed E-state index contributed by atoms with van der Waals surface area (Å²) in [7, 11) is 0. The first-order chi connectivity index (χ1) is 13.0. The monoisotopic (exact) mass is 388 g/mol. The molecule has 1 saturated heterocycles. The lowest BCUT2D eigenvalue weighted by molar-refractivity contribution is -0.134. The van der Waals surface area contributed by atoms with Crippen molar-refractivity contribution in [1.29, 1.82) is 0 Å². The highest BCUT2D eigenvalue weighted by Crippen LogP contribution is 2.28. The molecular formula is C20H28N4O2S. The van der Waals surface area contributed by atoms with Crippen molar-refractivity contribution in [2.45, 2.75) is 27.2 Å². The number of para-hydroxylation sites is 1. The second-order valence-corrected chi connectivity index (χ2v) is 8.22. The molecule has 0 atom stereocenters. The Labute approximate surface area is 164 Å². The molecule has 2 heterocycles. The molecule has 146 valence electrons. The molecule has 0 unspecified atom stereocenters. The van der Waals surface area contributed by atoms with Gasteiger partial charge >= 0.3 is 0 Å². The predicted octanol–water partition coefficient (Wildman–Crippen LogP) is 2.84. The van der Waals surface area contributed by atoms with E-state index in [1.165, 1.54) is 0 Å². The third kappa shape index (κ3) is 4.65. The standard InChI is InChI=1S/C20H28N4O2S/c1-4-24(20-21-16-8-5-6-9-17(16)27-20)18(25)14-22-10-7-11-23(13-12-22)19(26)15(2)3/h5-6,8-9,15H,4,7,10-14H2,1-3H3. The number of benzene rings is 1. The minimum absolute atomic E-state index is 0.0211. The number of anilines is 1. The van der Waals surface area contributed by atoms with Gasteiger partial charge in [-0.3, -0.25) is 19.4 Å². The van der Waals surface area contributed by atoms with Crippen molar-refractivity contribution in [1.82, 2.24) is 14.8 Å². The van der Waals surface area contributed by atoms with Crippen LogP contribution in [0.5, 0.6) is 0 Å². The van der Waals surface area contributed by atoms with Gasteiger partial charge in [0.15, 0.2) is 5.13 Å². The quantitative estimate of drug-likeness (QED) is 0.790. The number of fused-ring (bicyclic) bond motifs is 1. The second-order valence-electron chi connectivity index (χ2n) is 7.21. The number of nitrogens with zero attached hydrogens (tertiary/aromatic N) is 4. The summed E-state index contributed by atoms with van der Waals surface area (Å²) in [6.45, 7) is 9.87. The number of carbonyl (C=O) groups excluding carboxylic acids is 2. The molecule has 1 fully saturated rings. The highest BCUT2D eigenvalue weighted by Gasteiger charge is 2.24. The molecule has 6 nitrogen and oxygen atoms in total. The first kappa shape index (κ1) is 19.8. The van der Waals surface area contributed by atoms with Gasteiger partial charge in [-0.2, -0.15) is 0 Å². The average Bonchev–Trinajstić information content (AvgIpc) is 2.93. The van der Waals surface area contributed by atoms with E-state index in [1.54, 1.807) is 16.2 Å². The zero-order chi connectivity index (χ0) is 19.4. The van der Waals surface area contributed by atoms with Gasteiger partial charge < -0.3 is 4.90 Å². The van der Waals surface area contributed by atoms with E-state index in [-0.39, 0.29) is 17.7 Å². The Morgan fingerprint density at radius 1 is 1.19 bits per heavy atom. The molecule has 3 rings (SSSR count). The Kier molecular flexibility index (Phi) is 6.44. The predicted molar refractivity (Wildman–Crippen MR) is 110 cm³/mol. The van der Waals surface area contributed by atoms with E-state index in [1.807, 2.05) is 49.9 Å². The van der Waals surface area contributed by atoms with Gasteiger partial charge in [0.2, 0.25) is 11.8 Å². The van der Waals surface area contributed by atoms with Gasteiger partial charge in [-0.15, -0.1) is 0 Å². The number of aromatic nitrogens is 1. The summed E-state index contributed by atoms with van der Waals surface area (Å²) in [6.07, 6.45) is 0.902. The number of hydrogen-bond acceptors (Lipinski definition) is 5. The molecule has 0 saturated carbocycles. The maximum absolute atomic E-state index is 12.9. The van der Waals surface area contributed by atoms with Gasteiger partial charge in [-0.05, 0) is 25.5 Å². The largest absolute Gasteiger partial charge is 0.341 e. The van der Waals surface area contributed by atoms with Crippen LogP contribution in [0.4, 0.5) is 5.13 Å². The van der Waals surface area contributed by atoms with Crippen LogP contribution >= 0.6 is 11.3 Å². The maximum atomic E-state index is 12.9. The molecule has 0 radical (unpaired) electrons. The summed E-state index contributed by atoms with van der Waals surface area (Å²) >= 11 is 1.55. The molecule has 2 aromatic rings. The Hall–Kier alpha value is -1.99. The van der Waals surface area contributed by atoms with E-state index in [4.69, 9.17) is 0 Å². The van der Waals surface area contributed by atoms with Crippen molar-refractivity contribution in [2.75, 3.05) is 44.2 Å². The van der Waals surface area contributed by atoms with E-state index in [2.05, 4.69) is 9.88 Å². The SMILES string of the molecule is CCN(C(=O)CN1CCCN(C(=O)C(C)C)CC1)c1nc2ccccc2s1. The van der Waals surface area contributed by atoms with Gasteiger partial charge in [0.05, 0.1) is 16.8 Å². The summed E-state index contributed by atoms with van der Waals surface area (Å²) in [5, 5.41) is 0.759. The number of rotatable bonds is 5. The van der Waals surface area contributed by atoms with Crippen LogP contribution < -0.4 is 4.90 Å². The third-order valence-corrected chi connectivity index (χ3v) is 5.94. The highest BCUT2D eigenvalue weighted by molar-refractivity contribution is 7.22. The van der Waals surface area contributed by atoms with Crippen LogP contribution in [0.3, 0.4) is 0 Å². The number of likely N-dealkylation sites (N-methyl/N-ethyl adjacent to an activating group) is 1. The Bertz CT molecular complexity index is 771. The van der Waals surface area contributed by atoms with Crippen LogP contribution in [0.25, 0.3) is 10.2 Å². The molecule has 1 aromatic carbocycles. The summed E-state index contributed by atoms with van der Waals surface area (Å²) in [4.78, 5) is 35.6. The molecule has 1 aliphatic heterocycles. The number of hydrogen-bond donors (Lipinski definition) is 0. The molecule has 1 aromatic heterocycles. The Morgan fingerprint density at radius 2 is 1.96 bits per heavy atom. The van der Waals surface area contributed by atoms with Gasteiger partial charge in [-0.1, -0.05) is 37.3 Å². The van der Waals surface area contributed by atoms with Crippen LogP contribution in [0.2, 0.25) is 0 Å². The fourth-order valence-electron chi connectivity index (χ4n) is 3.38. The van der Waals surface area contributed by atoms with E-state index in [0.717, 1.165) is 41.4 Å². The van der Waals surface area contributed by atoms with Crippen LogP contribution in [0.1, 0.15) is 27.2 Å². The second kappa shape index (κ2) is 8.80. The summed E-state index contributed by atoms with van der Waals surface area (Å²) in [5.41, 5.74) is 0.932. The van der Waals surface area contributed by atoms with E-state index in [9.17, 15) is 9.59 Å². The zero-order valence-electron chi connectivity index (χ0n) is 16.4. The molecular weight excluding hydrogens is 360 g/mol. The molecule has 0 aliphatic carbocycles. The van der Waals surface area contributed by atoms with Crippen LogP contribution in [0, 0.1) is 5.92 Å². The average molecular weight is 389 g/mol. The number of amides is 2. The normalized spacial score (nSPS) is 15.9. The summed E-state index contributed by atoms with van der Waals surface area (Å²) < 4.78 is 1.09. The molecule has 2 amide bonds. The topological polar surface area (TPSA) is 56.8 Å². The van der Waals surface area contributed by atoms with E-state index in [0.29, 0.717) is 19.6 Å². The van der Waals surface area contributed by atoms with E-state index >= 15 is 0 Å². The zero-order valence-corrected chi connectivity index (χ0v) is 17.2. The summed E-state index contributed by atoms with van der Waals surface area (Å²) in [6, 6.07) is 7.96. The molecule has 1 aliphatic rings. The minimum atomic E-state index is 0.0211. The molecule has 0 N–H and O–H groups in total. The summed E-state index contributed by atoms with van der Waals surface area (Å²) in [5.74, 6) is 0.292. The van der Waals surface area contributed by atoms with Crippen LogP contribution in [0.15, 0.2) is 24.3 Å². The fraction of sp³-hybridized carbons (Fsp3) is 0.550. The van der Waals surface area contributed by atoms with Gasteiger partial charge in [0, 0.05) is 38.6 Å². The first-order valence-corrected chi connectivity index (χ1v) is 10.5. The number of carbonyl (C=O) groups is 2.